The minimum absolute atomic E-state index is 0.203. The average Bonchev–Trinajstić information content (AvgIpc) is 3.16. The number of amides is 1. The Morgan fingerprint density at radius 3 is 2.67 bits per heavy atom. The lowest BCUT2D eigenvalue weighted by Gasteiger charge is -2.20. The van der Waals surface area contributed by atoms with Crippen LogP contribution in [0.2, 0.25) is 0 Å². The van der Waals surface area contributed by atoms with E-state index in [1.165, 1.54) is 37.7 Å². The Morgan fingerprint density at radius 2 is 1.96 bits per heavy atom. The van der Waals surface area contributed by atoms with E-state index in [4.69, 9.17) is 0 Å². The molecule has 1 amide bonds. The summed E-state index contributed by atoms with van der Waals surface area (Å²) >= 11 is 0. The molecule has 1 N–H and O–H groups in total. The van der Waals surface area contributed by atoms with Crippen molar-refractivity contribution >= 4 is 5.91 Å². The molecule has 3 rings (SSSR count). The molecule has 0 radical (unpaired) electrons. The zero-order valence-corrected chi connectivity index (χ0v) is 14.3. The zero-order valence-electron chi connectivity index (χ0n) is 14.3. The SMILES string of the molecule is O=C(CCC1CCCCC1)NCCc1ccc(-n2cccn2)cc1. The van der Waals surface area contributed by atoms with Crippen LogP contribution in [0.25, 0.3) is 5.69 Å². The highest BCUT2D eigenvalue weighted by Gasteiger charge is 2.14. The molecule has 0 saturated heterocycles. The summed E-state index contributed by atoms with van der Waals surface area (Å²) in [6.07, 6.45) is 13.0. The summed E-state index contributed by atoms with van der Waals surface area (Å²) in [4.78, 5) is 12.0. The number of hydrogen-bond donors (Lipinski definition) is 1. The fraction of sp³-hybridized carbons (Fsp3) is 0.500. The lowest BCUT2D eigenvalue weighted by atomic mass is 9.86. The molecule has 4 heteroatoms. The maximum absolute atomic E-state index is 12.0. The second-order valence-electron chi connectivity index (χ2n) is 6.76. The Kier molecular flexibility index (Phi) is 6.05. The van der Waals surface area contributed by atoms with Crippen LogP contribution >= 0.6 is 0 Å². The monoisotopic (exact) mass is 325 g/mol. The first-order chi connectivity index (χ1) is 11.8. The third kappa shape index (κ3) is 4.95. The van der Waals surface area contributed by atoms with E-state index in [1.54, 1.807) is 6.20 Å². The Morgan fingerprint density at radius 1 is 1.17 bits per heavy atom. The number of benzene rings is 1. The van der Waals surface area contributed by atoms with Gasteiger partial charge >= 0.3 is 0 Å². The number of nitrogens with one attached hydrogen (secondary N) is 1. The molecule has 128 valence electrons. The van der Waals surface area contributed by atoms with Gasteiger partial charge < -0.3 is 5.32 Å². The minimum Gasteiger partial charge on any atom is -0.356 e. The number of rotatable bonds is 7. The van der Waals surface area contributed by atoms with Crippen molar-refractivity contribution in [3.05, 3.63) is 48.3 Å². The third-order valence-electron chi connectivity index (χ3n) is 4.95. The number of carbonyl (C=O) groups excluding carboxylic acids is 1. The van der Waals surface area contributed by atoms with Gasteiger partial charge in [-0.05, 0) is 42.5 Å². The lowest BCUT2D eigenvalue weighted by molar-refractivity contribution is -0.121. The Labute approximate surface area is 144 Å². The number of hydrogen-bond acceptors (Lipinski definition) is 2. The van der Waals surface area contributed by atoms with Crippen molar-refractivity contribution in [3.8, 4) is 5.69 Å². The van der Waals surface area contributed by atoms with Gasteiger partial charge in [-0.3, -0.25) is 4.79 Å². The first kappa shape index (κ1) is 16.7. The molecule has 1 aliphatic rings. The standard InChI is InChI=1S/C20H27N3O/c24-20(12-9-17-5-2-1-3-6-17)21-15-13-18-7-10-19(11-8-18)23-16-4-14-22-23/h4,7-8,10-11,14,16-17H,1-3,5-6,9,12-13,15H2,(H,21,24). The van der Waals surface area contributed by atoms with E-state index in [-0.39, 0.29) is 5.91 Å². The van der Waals surface area contributed by atoms with E-state index in [0.717, 1.165) is 24.4 Å². The molecule has 1 saturated carbocycles. The largest absolute Gasteiger partial charge is 0.356 e. The van der Waals surface area contributed by atoms with Gasteiger partial charge in [0.25, 0.3) is 0 Å². The van der Waals surface area contributed by atoms with Gasteiger partial charge in [0.05, 0.1) is 5.69 Å². The predicted octanol–water partition coefficient (Wildman–Crippen LogP) is 3.89. The maximum Gasteiger partial charge on any atom is 0.220 e. The van der Waals surface area contributed by atoms with Crippen molar-refractivity contribution in [1.82, 2.24) is 15.1 Å². The molecule has 0 unspecified atom stereocenters. The van der Waals surface area contributed by atoms with Crippen molar-refractivity contribution in [1.29, 1.82) is 0 Å². The van der Waals surface area contributed by atoms with Crippen LogP contribution < -0.4 is 5.32 Å². The lowest BCUT2D eigenvalue weighted by Crippen LogP contribution is -2.26. The number of carbonyl (C=O) groups is 1. The normalized spacial score (nSPS) is 15.3. The van der Waals surface area contributed by atoms with Crippen LogP contribution in [0, 0.1) is 5.92 Å². The van der Waals surface area contributed by atoms with Crippen molar-refractivity contribution in [3.63, 3.8) is 0 Å². The smallest absolute Gasteiger partial charge is 0.220 e. The second-order valence-corrected chi connectivity index (χ2v) is 6.76. The molecule has 0 aliphatic heterocycles. The highest BCUT2D eigenvalue weighted by molar-refractivity contribution is 5.75. The Balaban J connectivity index is 1.35. The topological polar surface area (TPSA) is 46.9 Å². The van der Waals surface area contributed by atoms with Gasteiger partial charge in [-0.1, -0.05) is 44.2 Å². The van der Waals surface area contributed by atoms with E-state index in [1.807, 2.05) is 16.9 Å². The Bertz CT molecular complexity index is 613. The predicted molar refractivity (Wildman–Crippen MR) is 96.1 cm³/mol. The van der Waals surface area contributed by atoms with E-state index in [2.05, 4.69) is 34.7 Å². The quantitative estimate of drug-likeness (QED) is 0.839. The molecule has 1 aromatic carbocycles. The molecule has 0 atom stereocenters. The molecule has 24 heavy (non-hydrogen) atoms. The van der Waals surface area contributed by atoms with Crippen molar-refractivity contribution in [2.24, 2.45) is 5.92 Å². The average molecular weight is 325 g/mol. The molecule has 1 aliphatic carbocycles. The molecule has 1 aromatic heterocycles. The van der Waals surface area contributed by atoms with Crippen LogP contribution in [0.3, 0.4) is 0 Å². The van der Waals surface area contributed by atoms with E-state index in [0.29, 0.717) is 13.0 Å². The van der Waals surface area contributed by atoms with Gasteiger partial charge in [-0.25, -0.2) is 4.68 Å². The van der Waals surface area contributed by atoms with Crippen molar-refractivity contribution < 1.29 is 4.79 Å². The van der Waals surface area contributed by atoms with Crippen molar-refractivity contribution in [2.45, 2.75) is 51.4 Å². The fourth-order valence-electron chi connectivity index (χ4n) is 3.48. The first-order valence-electron chi connectivity index (χ1n) is 9.17. The number of aromatic nitrogens is 2. The van der Waals surface area contributed by atoms with Gasteiger partial charge in [-0.2, -0.15) is 5.10 Å². The molecule has 4 nitrogen and oxygen atoms in total. The summed E-state index contributed by atoms with van der Waals surface area (Å²) in [7, 11) is 0. The molecule has 1 fully saturated rings. The first-order valence-corrected chi connectivity index (χ1v) is 9.17. The third-order valence-corrected chi connectivity index (χ3v) is 4.95. The highest BCUT2D eigenvalue weighted by Crippen LogP contribution is 2.27. The minimum atomic E-state index is 0.203. The van der Waals surface area contributed by atoms with Gasteiger partial charge in [-0.15, -0.1) is 0 Å². The van der Waals surface area contributed by atoms with E-state index < -0.39 is 0 Å². The van der Waals surface area contributed by atoms with Crippen LogP contribution in [0.15, 0.2) is 42.7 Å². The molecule has 0 bridgehead atoms. The summed E-state index contributed by atoms with van der Waals surface area (Å²) in [5.41, 5.74) is 2.29. The highest BCUT2D eigenvalue weighted by atomic mass is 16.1. The second kappa shape index (κ2) is 8.67. The maximum atomic E-state index is 12.0. The molecular formula is C20H27N3O. The summed E-state index contributed by atoms with van der Waals surface area (Å²) in [5.74, 6) is 0.980. The van der Waals surface area contributed by atoms with Crippen LogP contribution in [0.5, 0.6) is 0 Å². The van der Waals surface area contributed by atoms with Gasteiger partial charge in [0.1, 0.15) is 0 Å². The van der Waals surface area contributed by atoms with Crippen LogP contribution in [0.4, 0.5) is 0 Å². The summed E-state index contributed by atoms with van der Waals surface area (Å²) < 4.78 is 1.84. The van der Waals surface area contributed by atoms with E-state index in [9.17, 15) is 4.79 Å². The molecule has 0 spiro atoms. The molecular weight excluding hydrogens is 298 g/mol. The van der Waals surface area contributed by atoms with Gasteiger partial charge in [0.2, 0.25) is 5.91 Å². The number of nitrogens with zero attached hydrogens (tertiary/aromatic N) is 2. The summed E-state index contributed by atoms with van der Waals surface area (Å²) in [5, 5.41) is 7.28. The summed E-state index contributed by atoms with van der Waals surface area (Å²) in [6, 6.07) is 10.2. The Hall–Kier alpha value is -2.10. The van der Waals surface area contributed by atoms with Crippen LogP contribution in [-0.2, 0) is 11.2 Å². The van der Waals surface area contributed by atoms with Crippen LogP contribution in [-0.4, -0.2) is 22.2 Å². The van der Waals surface area contributed by atoms with Crippen molar-refractivity contribution in [2.75, 3.05) is 6.54 Å². The zero-order chi connectivity index (χ0) is 16.6. The molecule has 1 heterocycles. The van der Waals surface area contributed by atoms with Gasteiger partial charge in [0.15, 0.2) is 0 Å². The van der Waals surface area contributed by atoms with E-state index >= 15 is 0 Å². The molecule has 2 aromatic rings. The summed E-state index contributed by atoms with van der Waals surface area (Å²) in [6.45, 7) is 0.713. The van der Waals surface area contributed by atoms with Crippen LogP contribution in [0.1, 0.15) is 50.5 Å². The fourth-order valence-corrected chi connectivity index (χ4v) is 3.48. The van der Waals surface area contributed by atoms with Gasteiger partial charge in [0, 0.05) is 25.4 Å².